The van der Waals surface area contributed by atoms with Crippen LogP contribution in [0.2, 0.25) is 0 Å². The van der Waals surface area contributed by atoms with E-state index in [-0.39, 0.29) is 12.1 Å². The second-order valence-electron chi connectivity index (χ2n) is 8.76. The summed E-state index contributed by atoms with van der Waals surface area (Å²) in [5.41, 5.74) is 4.19. The van der Waals surface area contributed by atoms with Crippen LogP contribution in [-0.2, 0) is 0 Å². The third kappa shape index (κ3) is 3.99. The summed E-state index contributed by atoms with van der Waals surface area (Å²) in [6, 6.07) is 33.2. The van der Waals surface area contributed by atoms with Crippen LogP contribution in [0.25, 0.3) is 16.5 Å². The van der Waals surface area contributed by atoms with Crippen LogP contribution in [-0.4, -0.2) is 21.3 Å². The number of aromatic nitrogens is 2. The zero-order valence-electron chi connectivity index (χ0n) is 19.9. The van der Waals surface area contributed by atoms with Crippen molar-refractivity contribution in [2.24, 2.45) is 0 Å². The van der Waals surface area contributed by atoms with Crippen LogP contribution in [0.5, 0.6) is 5.75 Å². The first-order valence-electron chi connectivity index (χ1n) is 12.1. The van der Waals surface area contributed by atoms with Gasteiger partial charge in [0.1, 0.15) is 11.8 Å². The standard InChI is InChI=1S/C30H26N4OS/c1-2-35-25-16-14-23(15-17-25)34-29(28(32-30(34)36)26-10-5-6-18-31-26)27-11-7-19-33(27)24-13-12-21-8-3-4-9-22(21)20-24/h3-20,28-29H,2H2,1H3,(H,32,36)/t28-,29+/m0/s1. The van der Waals surface area contributed by atoms with Crippen molar-refractivity contribution >= 4 is 33.8 Å². The number of ether oxygens (including phenoxy) is 1. The number of anilines is 1. The average Bonchev–Trinajstić information content (AvgIpc) is 3.54. The number of pyridine rings is 1. The highest BCUT2D eigenvalue weighted by atomic mass is 32.1. The Labute approximate surface area is 216 Å². The van der Waals surface area contributed by atoms with E-state index in [0.29, 0.717) is 11.7 Å². The SMILES string of the molecule is CCOc1ccc(N2C(=S)N[C@@H](c3ccccn3)[C@H]2c2cccn2-c2ccc3ccccc3c2)cc1. The van der Waals surface area contributed by atoms with Gasteiger partial charge in [0, 0.05) is 29.5 Å². The molecule has 0 unspecified atom stereocenters. The number of nitrogens with zero attached hydrogens (tertiary/aromatic N) is 3. The quantitative estimate of drug-likeness (QED) is 0.272. The van der Waals surface area contributed by atoms with Gasteiger partial charge in [0.15, 0.2) is 5.11 Å². The van der Waals surface area contributed by atoms with Gasteiger partial charge in [0.2, 0.25) is 0 Å². The molecule has 178 valence electrons. The van der Waals surface area contributed by atoms with E-state index in [2.05, 4.69) is 98.8 Å². The van der Waals surface area contributed by atoms with Crippen molar-refractivity contribution in [3.05, 3.63) is 121 Å². The number of hydrogen-bond acceptors (Lipinski definition) is 3. The van der Waals surface area contributed by atoms with Crippen molar-refractivity contribution in [3.8, 4) is 11.4 Å². The Hall–Kier alpha value is -4.16. The third-order valence-electron chi connectivity index (χ3n) is 6.62. The smallest absolute Gasteiger partial charge is 0.174 e. The molecule has 1 fully saturated rings. The molecule has 1 N–H and O–H groups in total. The molecule has 5 aromatic rings. The Morgan fingerprint density at radius 1 is 0.861 bits per heavy atom. The van der Waals surface area contributed by atoms with E-state index in [1.54, 1.807) is 0 Å². The second kappa shape index (κ2) is 9.47. The Bertz CT molecular complexity index is 1510. The maximum absolute atomic E-state index is 5.90. The van der Waals surface area contributed by atoms with Crippen molar-refractivity contribution in [2.45, 2.75) is 19.0 Å². The summed E-state index contributed by atoms with van der Waals surface area (Å²) < 4.78 is 7.93. The molecule has 2 aromatic heterocycles. The molecule has 3 aromatic carbocycles. The lowest BCUT2D eigenvalue weighted by Gasteiger charge is -2.29. The minimum absolute atomic E-state index is 0.105. The molecule has 0 radical (unpaired) electrons. The zero-order valence-corrected chi connectivity index (χ0v) is 20.7. The predicted molar refractivity (Wildman–Crippen MR) is 149 cm³/mol. The Morgan fingerprint density at radius 3 is 2.42 bits per heavy atom. The van der Waals surface area contributed by atoms with Crippen LogP contribution < -0.4 is 15.0 Å². The van der Waals surface area contributed by atoms with E-state index in [4.69, 9.17) is 17.0 Å². The second-order valence-corrected chi connectivity index (χ2v) is 9.14. The molecule has 0 aliphatic carbocycles. The number of thiocarbonyl (C=S) groups is 1. The molecule has 0 bridgehead atoms. The van der Waals surface area contributed by atoms with E-state index in [9.17, 15) is 0 Å². The first-order chi connectivity index (χ1) is 17.7. The zero-order chi connectivity index (χ0) is 24.5. The van der Waals surface area contributed by atoms with E-state index >= 15 is 0 Å². The average molecular weight is 491 g/mol. The molecule has 6 rings (SSSR count). The number of fused-ring (bicyclic) bond motifs is 1. The van der Waals surface area contributed by atoms with Gasteiger partial charge in [-0.25, -0.2) is 0 Å². The van der Waals surface area contributed by atoms with Gasteiger partial charge < -0.3 is 19.5 Å². The highest BCUT2D eigenvalue weighted by Crippen LogP contribution is 2.42. The summed E-state index contributed by atoms with van der Waals surface area (Å²) in [6.45, 7) is 2.62. The first-order valence-corrected chi connectivity index (χ1v) is 12.5. The van der Waals surface area contributed by atoms with Crippen molar-refractivity contribution in [1.82, 2.24) is 14.9 Å². The molecule has 0 saturated carbocycles. The van der Waals surface area contributed by atoms with Gasteiger partial charge in [-0.1, -0.05) is 36.4 Å². The lowest BCUT2D eigenvalue weighted by molar-refractivity contribution is 0.340. The van der Waals surface area contributed by atoms with Crippen LogP contribution in [0.3, 0.4) is 0 Å². The molecule has 1 aliphatic rings. The fraction of sp³-hybridized carbons (Fsp3) is 0.133. The van der Waals surface area contributed by atoms with E-state index in [1.807, 2.05) is 37.4 Å². The maximum atomic E-state index is 5.90. The van der Waals surface area contributed by atoms with Gasteiger partial charge in [0.05, 0.1) is 18.3 Å². The highest BCUT2D eigenvalue weighted by molar-refractivity contribution is 7.80. The van der Waals surface area contributed by atoms with Gasteiger partial charge in [-0.15, -0.1) is 0 Å². The molecule has 5 nitrogen and oxygen atoms in total. The molecular weight excluding hydrogens is 464 g/mol. The molecule has 36 heavy (non-hydrogen) atoms. The van der Waals surface area contributed by atoms with Crippen LogP contribution in [0, 0.1) is 0 Å². The van der Waals surface area contributed by atoms with Gasteiger partial charge in [-0.05, 0) is 90.6 Å². The lowest BCUT2D eigenvalue weighted by atomic mass is 10.0. The molecule has 2 atom stereocenters. The monoisotopic (exact) mass is 490 g/mol. The maximum Gasteiger partial charge on any atom is 0.174 e. The first kappa shape index (κ1) is 22.3. The predicted octanol–water partition coefficient (Wildman–Crippen LogP) is 6.60. The fourth-order valence-electron chi connectivity index (χ4n) is 5.00. The van der Waals surface area contributed by atoms with Crippen LogP contribution in [0.1, 0.15) is 30.4 Å². The topological polar surface area (TPSA) is 42.3 Å². The number of hydrogen-bond donors (Lipinski definition) is 1. The molecule has 0 spiro atoms. The van der Waals surface area contributed by atoms with E-state index < -0.39 is 0 Å². The van der Waals surface area contributed by atoms with Gasteiger partial charge in [-0.2, -0.15) is 0 Å². The van der Waals surface area contributed by atoms with Crippen molar-refractivity contribution in [1.29, 1.82) is 0 Å². The molecule has 1 saturated heterocycles. The number of nitrogens with one attached hydrogen (secondary N) is 1. The van der Waals surface area contributed by atoms with Crippen LogP contribution >= 0.6 is 12.2 Å². The van der Waals surface area contributed by atoms with Gasteiger partial charge in [-0.3, -0.25) is 4.98 Å². The van der Waals surface area contributed by atoms with Crippen molar-refractivity contribution in [2.75, 3.05) is 11.5 Å². The Balaban J connectivity index is 1.48. The molecular formula is C30H26N4OS. The normalized spacial score (nSPS) is 17.4. The van der Waals surface area contributed by atoms with Gasteiger partial charge >= 0.3 is 0 Å². The fourth-order valence-corrected chi connectivity index (χ4v) is 5.35. The molecule has 3 heterocycles. The Kier molecular flexibility index (Phi) is 5.87. The Morgan fingerprint density at radius 2 is 1.64 bits per heavy atom. The third-order valence-corrected chi connectivity index (χ3v) is 6.93. The summed E-state index contributed by atoms with van der Waals surface area (Å²) >= 11 is 5.90. The lowest BCUT2D eigenvalue weighted by Crippen LogP contribution is -2.30. The van der Waals surface area contributed by atoms with E-state index in [1.165, 1.54) is 10.8 Å². The largest absolute Gasteiger partial charge is 0.494 e. The summed E-state index contributed by atoms with van der Waals surface area (Å²) in [7, 11) is 0. The number of benzene rings is 3. The minimum Gasteiger partial charge on any atom is -0.494 e. The molecule has 1 aliphatic heterocycles. The van der Waals surface area contributed by atoms with Crippen molar-refractivity contribution in [3.63, 3.8) is 0 Å². The number of rotatable bonds is 6. The van der Waals surface area contributed by atoms with Crippen LogP contribution in [0.4, 0.5) is 5.69 Å². The summed E-state index contributed by atoms with van der Waals surface area (Å²) in [6.07, 6.45) is 3.95. The van der Waals surface area contributed by atoms with Crippen molar-refractivity contribution < 1.29 is 4.74 Å². The van der Waals surface area contributed by atoms with Crippen LogP contribution in [0.15, 0.2) is 109 Å². The highest BCUT2D eigenvalue weighted by Gasteiger charge is 2.42. The minimum atomic E-state index is -0.112. The summed E-state index contributed by atoms with van der Waals surface area (Å²) in [5.74, 6) is 0.844. The summed E-state index contributed by atoms with van der Waals surface area (Å²) in [5, 5.41) is 6.66. The summed E-state index contributed by atoms with van der Waals surface area (Å²) in [4.78, 5) is 6.88. The van der Waals surface area contributed by atoms with E-state index in [0.717, 1.165) is 28.5 Å². The molecule has 6 heteroatoms. The van der Waals surface area contributed by atoms with Gasteiger partial charge in [0.25, 0.3) is 0 Å². The molecule has 0 amide bonds.